The van der Waals surface area contributed by atoms with E-state index in [1.165, 1.54) is 19.1 Å². The van der Waals surface area contributed by atoms with Crippen LogP contribution < -0.4 is 0 Å². The van der Waals surface area contributed by atoms with Gasteiger partial charge in [-0.05, 0) is 25.5 Å². The minimum Gasteiger partial charge on any atom is -0.507 e. The summed E-state index contributed by atoms with van der Waals surface area (Å²) in [5, 5.41) is 9.43. The van der Waals surface area contributed by atoms with Crippen LogP contribution in [0.15, 0.2) is 17.0 Å². The summed E-state index contributed by atoms with van der Waals surface area (Å²) in [6.07, 6.45) is 0. The van der Waals surface area contributed by atoms with Crippen LogP contribution >= 0.6 is 10.7 Å². The summed E-state index contributed by atoms with van der Waals surface area (Å²) >= 11 is 0. The predicted octanol–water partition coefficient (Wildman–Crippen LogP) is 1.94. The molecule has 5 heteroatoms. The third-order valence-corrected chi connectivity index (χ3v) is 3.31. The van der Waals surface area contributed by atoms with E-state index in [0.29, 0.717) is 5.56 Å². The van der Waals surface area contributed by atoms with Gasteiger partial charge in [0.05, 0.1) is 4.90 Å². The van der Waals surface area contributed by atoms with Crippen molar-refractivity contribution in [1.29, 1.82) is 0 Å². The highest BCUT2D eigenvalue weighted by Crippen LogP contribution is 2.29. The van der Waals surface area contributed by atoms with Gasteiger partial charge in [-0.1, -0.05) is 6.07 Å². The van der Waals surface area contributed by atoms with Gasteiger partial charge in [0.15, 0.2) is 0 Å². The molecule has 0 saturated carbocycles. The van der Waals surface area contributed by atoms with Crippen LogP contribution in [0.4, 0.5) is 0 Å². The Balaban J connectivity index is 3.53. The normalized spacial score (nSPS) is 11.6. The van der Waals surface area contributed by atoms with Crippen molar-refractivity contribution < 1.29 is 13.5 Å². The van der Waals surface area contributed by atoms with Gasteiger partial charge in [0.25, 0.3) is 9.05 Å². The molecule has 0 aliphatic heterocycles. The molecule has 3 nitrogen and oxygen atoms in total. The van der Waals surface area contributed by atoms with Crippen LogP contribution in [0.5, 0.6) is 5.75 Å². The molecule has 72 valence electrons. The average molecular weight is 221 g/mol. The molecule has 0 atom stereocenters. The van der Waals surface area contributed by atoms with Crippen LogP contribution in [0, 0.1) is 13.8 Å². The summed E-state index contributed by atoms with van der Waals surface area (Å²) in [6, 6.07) is 2.89. The van der Waals surface area contributed by atoms with Crippen LogP contribution in [0.1, 0.15) is 11.1 Å². The fourth-order valence-corrected chi connectivity index (χ4v) is 2.28. The van der Waals surface area contributed by atoms with Gasteiger partial charge < -0.3 is 5.11 Å². The highest BCUT2D eigenvalue weighted by Gasteiger charge is 2.16. The molecule has 1 N–H and O–H groups in total. The molecular formula is C8H9ClO3S. The lowest BCUT2D eigenvalue weighted by Gasteiger charge is -2.06. The summed E-state index contributed by atoms with van der Waals surface area (Å²) in [5.74, 6) is -0.0262. The van der Waals surface area contributed by atoms with Gasteiger partial charge in [-0.15, -0.1) is 0 Å². The number of aromatic hydroxyl groups is 1. The zero-order valence-electron chi connectivity index (χ0n) is 7.20. The Kier molecular flexibility index (Phi) is 2.54. The van der Waals surface area contributed by atoms with Gasteiger partial charge in [-0.25, -0.2) is 8.42 Å². The van der Waals surface area contributed by atoms with Crippen molar-refractivity contribution in [3.05, 3.63) is 23.3 Å². The molecule has 0 aliphatic rings. The van der Waals surface area contributed by atoms with E-state index in [2.05, 4.69) is 0 Å². The summed E-state index contributed by atoms with van der Waals surface area (Å²) in [5.41, 5.74) is 0.913. The Morgan fingerprint density at radius 3 is 2.31 bits per heavy atom. The van der Waals surface area contributed by atoms with E-state index in [1.54, 1.807) is 6.92 Å². The predicted molar refractivity (Wildman–Crippen MR) is 50.6 cm³/mol. The van der Waals surface area contributed by atoms with E-state index in [1.807, 2.05) is 0 Å². The first-order valence-electron chi connectivity index (χ1n) is 3.58. The number of phenols is 1. The number of rotatable bonds is 1. The van der Waals surface area contributed by atoms with Crippen molar-refractivity contribution >= 4 is 19.7 Å². The monoisotopic (exact) mass is 220 g/mol. The average Bonchev–Trinajstić information content (AvgIpc) is 1.98. The first-order chi connectivity index (χ1) is 5.84. The number of hydrogen-bond acceptors (Lipinski definition) is 3. The number of phenolic OH excluding ortho intramolecular Hbond substituents is 1. The number of benzene rings is 1. The summed E-state index contributed by atoms with van der Waals surface area (Å²) < 4.78 is 21.9. The Morgan fingerprint density at radius 2 is 1.85 bits per heavy atom. The van der Waals surface area contributed by atoms with E-state index in [-0.39, 0.29) is 16.2 Å². The Labute approximate surface area is 81.4 Å². The van der Waals surface area contributed by atoms with Gasteiger partial charge in [-0.3, -0.25) is 0 Å². The maximum atomic E-state index is 11.0. The molecule has 1 aromatic rings. The minimum atomic E-state index is -3.76. The molecule has 0 heterocycles. The quantitative estimate of drug-likeness (QED) is 0.736. The molecule has 0 fully saturated rings. The van der Waals surface area contributed by atoms with Crippen LogP contribution in [-0.4, -0.2) is 13.5 Å². The van der Waals surface area contributed by atoms with Crippen LogP contribution in [0.3, 0.4) is 0 Å². The molecular weight excluding hydrogens is 212 g/mol. The van der Waals surface area contributed by atoms with Gasteiger partial charge >= 0.3 is 0 Å². The zero-order valence-corrected chi connectivity index (χ0v) is 8.78. The van der Waals surface area contributed by atoms with Gasteiger partial charge in [0, 0.05) is 16.2 Å². The molecule has 0 bridgehead atoms. The molecule has 0 amide bonds. The molecule has 0 spiro atoms. The van der Waals surface area contributed by atoms with Crippen LogP contribution in [0.25, 0.3) is 0 Å². The van der Waals surface area contributed by atoms with E-state index >= 15 is 0 Å². The lowest BCUT2D eigenvalue weighted by Crippen LogP contribution is -1.95. The summed E-state index contributed by atoms with van der Waals surface area (Å²) in [4.78, 5) is -0.0442. The Bertz CT molecular complexity index is 437. The molecule has 1 aromatic carbocycles. The van der Waals surface area contributed by atoms with Gasteiger partial charge in [0.2, 0.25) is 0 Å². The lowest BCUT2D eigenvalue weighted by atomic mass is 10.1. The van der Waals surface area contributed by atoms with Crippen molar-refractivity contribution in [2.75, 3.05) is 0 Å². The molecule has 0 radical (unpaired) electrons. The third-order valence-electron chi connectivity index (χ3n) is 1.85. The lowest BCUT2D eigenvalue weighted by molar-refractivity contribution is 0.464. The third kappa shape index (κ3) is 1.95. The van der Waals surface area contributed by atoms with Crippen molar-refractivity contribution in [1.82, 2.24) is 0 Å². The SMILES string of the molecule is Cc1ccc(S(=O)(=O)Cl)c(C)c1O. The van der Waals surface area contributed by atoms with Crippen molar-refractivity contribution in [3.8, 4) is 5.75 Å². The van der Waals surface area contributed by atoms with Crippen molar-refractivity contribution in [3.63, 3.8) is 0 Å². The second kappa shape index (κ2) is 3.20. The highest BCUT2D eigenvalue weighted by atomic mass is 35.7. The highest BCUT2D eigenvalue weighted by molar-refractivity contribution is 8.13. The number of halogens is 1. The Hall–Kier alpha value is -0.740. The smallest absolute Gasteiger partial charge is 0.261 e. The summed E-state index contributed by atoms with van der Waals surface area (Å²) in [7, 11) is 1.39. The van der Waals surface area contributed by atoms with Gasteiger partial charge in [0.1, 0.15) is 5.75 Å². The fourth-order valence-electron chi connectivity index (χ4n) is 1.08. The fraction of sp³-hybridized carbons (Fsp3) is 0.250. The van der Waals surface area contributed by atoms with E-state index in [4.69, 9.17) is 10.7 Å². The van der Waals surface area contributed by atoms with Gasteiger partial charge in [-0.2, -0.15) is 0 Å². The van der Waals surface area contributed by atoms with Crippen LogP contribution in [-0.2, 0) is 9.05 Å². The largest absolute Gasteiger partial charge is 0.507 e. The van der Waals surface area contributed by atoms with Crippen molar-refractivity contribution in [2.24, 2.45) is 0 Å². The van der Waals surface area contributed by atoms with Crippen LogP contribution in [0.2, 0.25) is 0 Å². The van der Waals surface area contributed by atoms with E-state index in [0.717, 1.165) is 0 Å². The second-order valence-electron chi connectivity index (χ2n) is 2.79. The standard InChI is InChI=1S/C8H9ClO3S/c1-5-3-4-7(13(9,11)12)6(2)8(5)10/h3-4,10H,1-2H3. The maximum absolute atomic E-state index is 11.0. The second-order valence-corrected chi connectivity index (χ2v) is 5.33. The molecule has 0 unspecified atom stereocenters. The molecule has 0 aliphatic carbocycles. The zero-order chi connectivity index (χ0) is 10.2. The topological polar surface area (TPSA) is 54.4 Å². The number of aryl methyl sites for hydroxylation is 1. The molecule has 13 heavy (non-hydrogen) atoms. The maximum Gasteiger partial charge on any atom is 0.261 e. The molecule has 0 saturated heterocycles. The minimum absolute atomic E-state index is 0.0262. The van der Waals surface area contributed by atoms with E-state index in [9.17, 15) is 13.5 Å². The molecule has 1 rings (SSSR count). The molecule has 0 aromatic heterocycles. The summed E-state index contributed by atoms with van der Waals surface area (Å²) in [6.45, 7) is 3.20. The Morgan fingerprint density at radius 1 is 1.31 bits per heavy atom. The number of hydrogen-bond donors (Lipinski definition) is 1. The first-order valence-corrected chi connectivity index (χ1v) is 5.89. The van der Waals surface area contributed by atoms with E-state index < -0.39 is 9.05 Å². The van der Waals surface area contributed by atoms with Crippen molar-refractivity contribution in [2.45, 2.75) is 18.7 Å². The first kappa shape index (κ1) is 10.3.